The summed E-state index contributed by atoms with van der Waals surface area (Å²) in [5.41, 5.74) is 1.40. The van der Waals surface area contributed by atoms with Gasteiger partial charge in [-0.2, -0.15) is 4.98 Å². The van der Waals surface area contributed by atoms with Crippen LogP contribution in [-0.4, -0.2) is 60.7 Å². The van der Waals surface area contributed by atoms with Gasteiger partial charge in [-0.1, -0.05) is 6.92 Å². The Morgan fingerprint density at radius 3 is 2.54 bits per heavy atom. The number of nitrogens with zero attached hydrogens (tertiary/aromatic N) is 3. The van der Waals surface area contributed by atoms with Crippen LogP contribution in [-0.2, 0) is 11.2 Å². The molecule has 1 saturated heterocycles. The maximum absolute atomic E-state index is 12.5. The van der Waals surface area contributed by atoms with E-state index in [1.807, 2.05) is 6.92 Å². The van der Waals surface area contributed by atoms with Gasteiger partial charge in [-0.15, -0.1) is 0 Å². The molecular formula is C17H28N4O3. The van der Waals surface area contributed by atoms with E-state index < -0.39 is 0 Å². The number of aryl methyl sites for hydroxylation is 1. The monoisotopic (exact) mass is 336 g/mol. The summed E-state index contributed by atoms with van der Waals surface area (Å²) in [7, 11) is 3.04. The quantitative estimate of drug-likeness (QED) is 0.772. The van der Waals surface area contributed by atoms with Crippen molar-refractivity contribution in [3.63, 3.8) is 0 Å². The van der Waals surface area contributed by atoms with E-state index in [0.29, 0.717) is 17.1 Å². The Balaban J connectivity index is 2.00. The highest BCUT2D eigenvalue weighted by Crippen LogP contribution is 2.22. The Bertz CT molecular complexity index is 559. The molecule has 1 aromatic heterocycles. The Kier molecular flexibility index (Phi) is 6.78. The lowest BCUT2D eigenvalue weighted by atomic mass is 10.1. The fourth-order valence-electron chi connectivity index (χ4n) is 3.00. The molecule has 0 aromatic carbocycles. The fourth-order valence-corrected chi connectivity index (χ4v) is 3.00. The molecule has 1 aromatic rings. The molecule has 0 saturated carbocycles. The first-order chi connectivity index (χ1) is 11.6. The number of amides is 1. The minimum atomic E-state index is -0.0313. The van der Waals surface area contributed by atoms with Gasteiger partial charge in [0.25, 0.3) is 0 Å². The number of hydrogen-bond acceptors (Lipinski definition) is 6. The molecule has 2 heterocycles. The zero-order valence-electron chi connectivity index (χ0n) is 15.1. The summed E-state index contributed by atoms with van der Waals surface area (Å²) in [5.74, 6) is 0.360. The highest BCUT2D eigenvalue weighted by Gasteiger charge is 2.20. The number of rotatable bonds is 8. The molecule has 2 rings (SSSR count). The second kappa shape index (κ2) is 8.82. The van der Waals surface area contributed by atoms with Gasteiger partial charge < -0.3 is 19.7 Å². The van der Waals surface area contributed by atoms with E-state index in [-0.39, 0.29) is 24.4 Å². The summed E-state index contributed by atoms with van der Waals surface area (Å²) in [4.78, 5) is 23.3. The molecule has 1 amide bonds. The molecule has 0 radical (unpaired) electrons. The molecule has 134 valence electrons. The number of likely N-dealkylation sites (tertiary alicyclic amines) is 1. The topological polar surface area (TPSA) is 76.6 Å². The Morgan fingerprint density at radius 1 is 1.25 bits per heavy atom. The average Bonchev–Trinajstić information content (AvgIpc) is 3.08. The maximum Gasteiger partial charge on any atom is 0.319 e. The first kappa shape index (κ1) is 18.4. The number of ether oxygens (including phenoxy) is 2. The minimum absolute atomic E-state index is 0.0313. The van der Waals surface area contributed by atoms with E-state index in [9.17, 15) is 4.79 Å². The Morgan fingerprint density at radius 2 is 1.96 bits per heavy atom. The van der Waals surface area contributed by atoms with Gasteiger partial charge in [0.2, 0.25) is 11.8 Å². The van der Waals surface area contributed by atoms with Crippen molar-refractivity contribution in [1.82, 2.24) is 20.2 Å². The van der Waals surface area contributed by atoms with E-state index in [0.717, 1.165) is 26.1 Å². The number of hydrogen-bond donors (Lipinski definition) is 1. The van der Waals surface area contributed by atoms with Crippen molar-refractivity contribution in [1.29, 1.82) is 0 Å². The first-order valence-corrected chi connectivity index (χ1v) is 8.54. The van der Waals surface area contributed by atoms with Crippen molar-refractivity contribution < 1.29 is 14.3 Å². The summed E-state index contributed by atoms with van der Waals surface area (Å²) < 4.78 is 10.3. The van der Waals surface area contributed by atoms with Crippen molar-refractivity contribution in [2.75, 3.05) is 33.9 Å². The summed E-state index contributed by atoms with van der Waals surface area (Å²) in [6.07, 6.45) is 3.63. The van der Waals surface area contributed by atoms with Gasteiger partial charge >= 0.3 is 6.01 Å². The van der Waals surface area contributed by atoms with Crippen LogP contribution in [0.1, 0.15) is 37.4 Å². The largest absolute Gasteiger partial charge is 0.481 e. The molecule has 1 aliphatic heterocycles. The van der Waals surface area contributed by atoms with Gasteiger partial charge in [-0.05, 0) is 39.3 Å². The molecule has 0 unspecified atom stereocenters. The second-order valence-electron chi connectivity index (χ2n) is 6.14. The van der Waals surface area contributed by atoms with Crippen LogP contribution < -0.4 is 14.8 Å². The van der Waals surface area contributed by atoms with Gasteiger partial charge in [0, 0.05) is 18.2 Å². The Hall–Kier alpha value is -1.89. The van der Waals surface area contributed by atoms with Crippen LogP contribution >= 0.6 is 0 Å². The summed E-state index contributed by atoms with van der Waals surface area (Å²) in [6.45, 7) is 7.11. The molecule has 0 spiro atoms. The third kappa shape index (κ3) is 4.80. The zero-order valence-corrected chi connectivity index (χ0v) is 15.1. The van der Waals surface area contributed by atoms with Crippen LogP contribution in [0.3, 0.4) is 0 Å². The summed E-state index contributed by atoms with van der Waals surface area (Å²) >= 11 is 0. The lowest BCUT2D eigenvalue weighted by molar-refractivity contribution is -0.121. The molecule has 1 N–H and O–H groups in total. The summed E-state index contributed by atoms with van der Waals surface area (Å²) in [5, 5.41) is 3.13. The van der Waals surface area contributed by atoms with Gasteiger partial charge in [0.15, 0.2) is 0 Å². The van der Waals surface area contributed by atoms with Crippen molar-refractivity contribution in [3.8, 4) is 11.9 Å². The number of nitrogens with one attached hydrogen (secondary N) is 1. The van der Waals surface area contributed by atoms with E-state index in [1.165, 1.54) is 27.1 Å². The van der Waals surface area contributed by atoms with Crippen LogP contribution in [0.15, 0.2) is 0 Å². The molecule has 0 aliphatic carbocycles. The number of methoxy groups -OCH3 is 2. The van der Waals surface area contributed by atoms with Crippen LogP contribution in [0.4, 0.5) is 0 Å². The van der Waals surface area contributed by atoms with E-state index >= 15 is 0 Å². The fraction of sp³-hybridized carbons (Fsp3) is 0.706. The third-order valence-electron chi connectivity index (χ3n) is 4.40. The zero-order chi connectivity index (χ0) is 17.5. The van der Waals surface area contributed by atoms with E-state index in [2.05, 4.69) is 27.1 Å². The van der Waals surface area contributed by atoms with Crippen LogP contribution in [0.25, 0.3) is 0 Å². The molecule has 7 nitrogen and oxygen atoms in total. The lowest BCUT2D eigenvalue weighted by Crippen LogP contribution is -2.43. The number of carbonyl (C=O) groups is 1. The van der Waals surface area contributed by atoms with Crippen LogP contribution in [0.2, 0.25) is 0 Å². The SMILES string of the molecule is CC[C@@H](CN1CCCC1)NC(=O)Cc1c(C)nc(OC)nc1OC. The third-order valence-corrected chi connectivity index (χ3v) is 4.40. The smallest absolute Gasteiger partial charge is 0.319 e. The van der Waals surface area contributed by atoms with E-state index in [4.69, 9.17) is 9.47 Å². The first-order valence-electron chi connectivity index (χ1n) is 8.54. The molecule has 1 atom stereocenters. The van der Waals surface area contributed by atoms with Crippen molar-refractivity contribution in [2.24, 2.45) is 0 Å². The van der Waals surface area contributed by atoms with Gasteiger partial charge in [-0.25, -0.2) is 4.98 Å². The normalized spacial score (nSPS) is 16.0. The predicted octanol–water partition coefficient (Wildman–Crippen LogP) is 1.34. The van der Waals surface area contributed by atoms with Crippen molar-refractivity contribution in [2.45, 2.75) is 45.6 Å². The second-order valence-corrected chi connectivity index (χ2v) is 6.14. The average molecular weight is 336 g/mol. The molecule has 7 heteroatoms. The van der Waals surface area contributed by atoms with Crippen LogP contribution in [0, 0.1) is 6.92 Å². The standard InChI is InChI=1S/C17H28N4O3/c1-5-13(11-21-8-6-7-9-21)19-15(22)10-14-12(2)18-17(24-4)20-16(14)23-3/h13H,5-11H2,1-4H3,(H,19,22)/t13-/m0/s1. The number of aromatic nitrogens is 2. The molecule has 0 bridgehead atoms. The maximum atomic E-state index is 12.5. The minimum Gasteiger partial charge on any atom is -0.481 e. The van der Waals surface area contributed by atoms with E-state index in [1.54, 1.807) is 0 Å². The lowest BCUT2D eigenvalue weighted by Gasteiger charge is -2.23. The summed E-state index contributed by atoms with van der Waals surface area (Å²) in [6, 6.07) is 0.412. The molecular weight excluding hydrogens is 308 g/mol. The Labute approximate surface area is 143 Å². The molecule has 1 fully saturated rings. The van der Waals surface area contributed by atoms with Crippen LogP contribution in [0.5, 0.6) is 11.9 Å². The molecule has 24 heavy (non-hydrogen) atoms. The van der Waals surface area contributed by atoms with Gasteiger partial charge in [-0.3, -0.25) is 4.79 Å². The predicted molar refractivity (Wildman–Crippen MR) is 91.5 cm³/mol. The van der Waals surface area contributed by atoms with Gasteiger partial charge in [0.1, 0.15) is 0 Å². The van der Waals surface area contributed by atoms with Crippen molar-refractivity contribution in [3.05, 3.63) is 11.3 Å². The van der Waals surface area contributed by atoms with Gasteiger partial charge in [0.05, 0.1) is 26.3 Å². The highest BCUT2D eigenvalue weighted by molar-refractivity contribution is 5.79. The van der Waals surface area contributed by atoms with Crippen molar-refractivity contribution >= 4 is 5.91 Å². The highest BCUT2D eigenvalue weighted by atomic mass is 16.5. The molecule has 1 aliphatic rings. The number of carbonyl (C=O) groups excluding carboxylic acids is 1.